The summed E-state index contributed by atoms with van der Waals surface area (Å²) in [5.74, 6) is -0.200. The van der Waals surface area contributed by atoms with Crippen molar-refractivity contribution in [2.24, 2.45) is 0 Å². The highest BCUT2D eigenvalue weighted by molar-refractivity contribution is 5.32. The van der Waals surface area contributed by atoms with Gasteiger partial charge in [-0.05, 0) is 17.5 Å². The van der Waals surface area contributed by atoms with E-state index >= 15 is 0 Å². The van der Waals surface area contributed by atoms with Crippen molar-refractivity contribution < 1.29 is 5.11 Å². The second kappa shape index (κ2) is 6.72. The number of aliphatic hydroxyl groups is 1. The van der Waals surface area contributed by atoms with Gasteiger partial charge in [0.2, 0.25) is 0 Å². The van der Waals surface area contributed by atoms with Crippen LogP contribution in [0.2, 0.25) is 0 Å². The number of benzene rings is 2. The molecule has 0 aromatic heterocycles. The maximum absolute atomic E-state index is 9.51. The molecule has 0 amide bonds. The molecule has 0 aliphatic rings. The SMILES string of the molecule is N#C[C@H](c1ccccc1)[C@H](CCO)c1ccccc1. The topological polar surface area (TPSA) is 44.0 Å². The van der Waals surface area contributed by atoms with Crippen molar-refractivity contribution in [2.45, 2.75) is 18.3 Å². The third-order valence-corrected chi connectivity index (χ3v) is 3.37. The molecular formula is C17H17NO. The summed E-state index contributed by atoms with van der Waals surface area (Å²) in [6, 6.07) is 22.1. The van der Waals surface area contributed by atoms with Gasteiger partial charge in [0.25, 0.3) is 0 Å². The number of nitriles is 1. The smallest absolute Gasteiger partial charge is 0.0782 e. The quantitative estimate of drug-likeness (QED) is 0.884. The second-order valence-electron chi connectivity index (χ2n) is 4.55. The van der Waals surface area contributed by atoms with E-state index in [0.29, 0.717) is 6.42 Å². The molecule has 0 bridgehead atoms. The fourth-order valence-corrected chi connectivity index (χ4v) is 2.42. The lowest BCUT2D eigenvalue weighted by atomic mass is 9.80. The summed E-state index contributed by atoms with van der Waals surface area (Å²) in [5, 5.41) is 18.8. The minimum atomic E-state index is -0.226. The number of hydrogen-bond donors (Lipinski definition) is 1. The van der Waals surface area contributed by atoms with Gasteiger partial charge >= 0.3 is 0 Å². The Bertz CT molecular complexity index is 530. The molecule has 2 atom stereocenters. The third kappa shape index (κ3) is 3.21. The summed E-state index contributed by atoms with van der Waals surface area (Å²) in [6.07, 6.45) is 0.594. The highest BCUT2D eigenvalue weighted by Crippen LogP contribution is 2.34. The molecule has 0 fully saturated rings. The van der Waals surface area contributed by atoms with Gasteiger partial charge in [0.1, 0.15) is 0 Å². The lowest BCUT2D eigenvalue weighted by molar-refractivity contribution is 0.272. The van der Waals surface area contributed by atoms with E-state index in [4.69, 9.17) is 0 Å². The largest absolute Gasteiger partial charge is 0.396 e. The van der Waals surface area contributed by atoms with Gasteiger partial charge in [-0.25, -0.2) is 0 Å². The molecule has 2 nitrogen and oxygen atoms in total. The van der Waals surface area contributed by atoms with Gasteiger partial charge in [0, 0.05) is 12.5 Å². The predicted molar refractivity (Wildman–Crippen MR) is 75.7 cm³/mol. The van der Waals surface area contributed by atoms with Crippen molar-refractivity contribution >= 4 is 0 Å². The number of rotatable bonds is 5. The number of nitrogens with zero attached hydrogens (tertiary/aromatic N) is 1. The maximum Gasteiger partial charge on any atom is 0.0782 e. The summed E-state index contributed by atoms with van der Waals surface area (Å²) < 4.78 is 0. The average molecular weight is 251 g/mol. The minimum absolute atomic E-state index is 0.0265. The van der Waals surface area contributed by atoms with Crippen LogP contribution in [0.5, 0.6) is 0 Å². The molecule has 2 aromatic carbocycles. The molecule has 2 aromatic rings. The van der Waals surface area contributed by atoms with Crippen molar-refractivity contribution in [3.63, 3.8) is 0 Å². The first-order chi connectivity index (χ1) is 9.36. The van der Waals surface area contributed by atoms with E-state index in [2.05, 4.69) is 6.07 Å². The van der Waals surface area contributed by atoms with E-state index < -0.39 is 0 Å². The second-order valence-corrected chi connectivity index (χ2v) is 4.55. The molecule has 0 radical (unpaired) electrons. The zero-order valence-electron chi connectivity index (χ0n) is 10.7. The summed E-state index contributed by atoms with van der Waals surface area (Å²) in [4.78, 5) is 0. The normalized spacial score (nSPS) is 13.5. The predicted octanol–water partition coefficient (Wildman–Crippen LogP) is 3.46. The molecular weight excluding hydrogens is 234 g/mol. The lowest BCUT2D eigenvalue weighted by Crippen LogP contribution is -2.11. The van der Waals surface area contributed by atoms with E-state index in [9.17, 15) is 10.4 Å². The van der Waals surface area contributed by atoms with Crippen LogP contribution in [0.15, 0.2) is 60.7 Å². The molecule has 19 heavy (non-hydrogen) atoms. The van der Waals surface area contributed by atoms with Gasteiger partial charge in [-0.3, -0.25) is 0 Å². The Labute approximate surface area is 114 Å². The zero-order valence-corrected chi connectivity index (χ0v) is 10.7. The van der Waals surface area contributed by atoms with Crippen LogP contribution in [-0.2, 0) is 0 Å². The van der Waals surface area contributed by atoms with Gasteiger partial charge in [0.15, 0.2) is 0 Å². The number of hydrogen-bond acceptors (Lipinski definition) is 2. The molecule has 2 rings (SSSR count). The van der Waals surface area contributed by atoms with E-state index in [1.165, 1.54) is 0 Å². The summed E-state index contributed by atoms with van der Waals surface area (Å²) in [7, 11) is 0. The Kier molecular flexibility index (Phi) is 4.72. The molecule has 0 unspecified atom stereocenters. The minimum Gasteiger partial charge on any atom is -0.396 e. The van der Waals surface area contributed by atoms with E-state index in [0.717, 1.165) is 11.1 Å². The highest BCUT2D eigenvalue weighted by Gasteiger charge is 2.23. The van der Waals surface area contributed by atoms with Gasteiger partial charge in [-0.1, -0.05) is 60.7 Å². The summed E-state index contributed by atoms with van der Waals surface area (Å²) in [6.45, 7) is 0.0879. The Morgan fingerprint density at radius 3 is 1.89 bits per heavy atom. The molecule has 0 saturated carbocycles. The van der Waals surface area contributed by atoms with E-state index in [1.807, 2.05) is 60.7 Å². The van der Waals surface area contributed by atoms with Gasteiger partial charge in [-0.15, -0.1) is 0 Å². The fourth-order valence-electron chi connectivity index (χ4n) is 2.42. The Morgan fingerprint density at radius 2 is 1.42 bits per heavy atom. The van der Waals surface area contributed by atoms with Crippen LogP contribution in [0.4, 0.5) is 0 Å². The van der Waals surface area contributed by atoms with Crippen LogP contribution in [0.1, 0.15) is 29.4 Å². The standard InChI is InChI=1S/C17H17NO/c18-13-17(15-9-5-2-6-10-15)16(11-12-19)14-7-3-1-4-8-14/h1-10,16-17,19H,11-12H2/t16-,17-/m1/s1. The molecule has 0 heterocycles. The van der Waals surface area contributed by atoms with Crippen molar-refractivity contribution in [3.05, 3.63) is 71.8 Å². The van der Waals surface area contributed by atoms with Crippen molar-refractivity contribution in [3.8, 4) is 6.07 Å². The van der Waals surface area contributed by atoms with Gasteiger partial charge in [-0.2, -0.15) is 5.26 Å². The average Bonchev–Trinajstić information content (AvgIpc) is 2.49. The van der Waals surface area contributed by atoms with E-state index in [1.54, 1.807) is 0 Å². The van der Waals surface area contributed by atoms with Crippen LogP contribution in [0, 0.1) is 11.3 Å². The maximum atomic E-state index is 9.51. The summed E-state index contributed by atoms with van der Waals surface area (Å²) >= 11 is 0. The Balaban J connectivity index is 2.35. The molecule has 0 aliphatic carbocycles. The van der Waals surface area contributed by atoms with Gasteiger partial charge < -0.3 is 5.11 Å². The van der Waals surface area contributed by atoms with Crippen molar-refractivity contribution in [2.75, 3.05) is 6.61 Å². The van der Waals surface area contributed by atoms with Gasteiger partial charge in [0.05, 0.1) is 12.0 Å². The molecule has 96 valence electrons. The Hall–Kier alpha value is -2.11. The van der Waals surface area contributed by atoms with Crippen LogP contribution < -0.4 is 0 Å². The first kappa shape index (κ1) is 13.3. The molecule has 2 heteroatoms. The zero-order chi connectivity index (χ0) is 13.5. The Morgan fingerprint density at radius 1 is 0.895 bits per heavy atom. The van der Waals surface area contributed by atoms with E-state index in [-0.39, 0.29) is 18.4 Å². The monoisotopic (exact) mass is 251 g/mol. The van der Waals surface area contributed by atoms with Crippen LogP contribution in [0.3, 0.4) is 0 Å². The fraction of sp³-hybridized carbons (Fsp3) is 0.235. The summed E-state index contributed by atoms with van der Waals surface area (Å²) in [5.41, 5.74) is 2.11. The molecule has 1 N–H and O–H groups in total. The van der Waals surface area contributed by atoms with Crippen LogP contribution in [0.25, 0.3) is 0 Å². The molecule has 0 saturated heterocycles. The highest BCUT2D eigenvalue weighted by atomic mass is 16.3. The van der Waals surface area contributed by atoms with Crippen LogP contribution >= 0.6 is 0 Å². The van der Waals surface area contributed by atoms with Crippen molar-refractivity contribution in [1.29, 1.82) is 5.26 Å². The molecule has 0 aliphatic heterocycles. The molecule has 0 spiro atoms. The first-order valence-electron chi connectivity index (χ1n) is 6.47. The first-order valence-corrected chi connectivity index (χ1v) is 6.47. The van der Waals surface area contributed by atoms with Crippen molar-refractivity contribution in [1.82, 2.24) is 0 Å². The lowest BCUT2D eigenvalue weighted by Gasteiger charge is -2.22. The third-order valence-electron chi connectivity index (χ3n) is 3.37. The van der Waals surface area contributed by atoms with Crippen LogP contribution in [-0.4, -0.2) is 11.7 Å². The number of aliphatic hydroxyl groups excluding tert-OH is 1.